The number of para-hydroxylation sites is 4. The molecule has 4 aliphatic rings. The number of rotatable bonds is 6. The fourth-order valence-corrected chi connectivity index (χ4v) is 23.8. The van der Waals surface area contributed by atoms with Gasteiger partial charge in [-0.3, -0.25) is 0 Å². The molecule has 312 valence electrons. The molecule has 4 aliphatic heterocycles. The number of anilines is 6. The van der Waals surface area contributed by atoms with E-state index in [1.807, 2.05) is 0 Å². The molecule has 0 N–H and O–H groups in total. The van der Waals surface area contributed by atoms with Crippen LogP contribution in [0.4, 0.5) is 34.1 Å². The zero-order chi connectivity index (χ0) is 43.4. The van der Waals surface area contributed by atoms with E-state index in [0.29, 0.717) is 0 Å². The number of hydrogen-bond acceptors (Lipinski definition) is 2. The highest BCUT2D eigenvalue weighted by molar-refractivity contribution is 7.07. The van der Waals surface area contributed by atoms with Gasteiger partial charge in [-0.25, -0.2) is 0 Å². The van der Waals surface area contributed by atoms with Crippen LogP contribution in [0.15, 0.2) is 231 Å². The van der Waals surface area contributed by atoms with E-state index >= 15 is 0 Å². The van der Waals surface area contributed by atoms with E-state index in [4.69, 9.17) is 0 Å². The average molecular weight is 875 g/mol. The van der Waals surface area contributed by atoms with Crippen LogP contribution in [0.5, 0.6) is 0 Å². The molecule has 2 spiro atoms. The lowest BCUT2D eigenvalue weighted by atomic mass is 9.91. The topological polar surface area (TPSA) is 6.48 Å². The van der Waals surface area contributed by atoms with Crippen molar-refractivity contribution in [2.75, 3.05) is 9.80 Å². The van der Waals surface area contributed by atoms with Crippen molar-refractivity contribution >= 4 is 81.8 Å². The zero-order valence-corrected chi connectivity index (χ0v) is 38.7. The Balaban J connectivity index is 1.03. The summed E-state index contributed by atoms with van der Waals surface area (Å²) in [5.41, 5.74) is 19.1. The Hall–Kier alpha value is -7.51. The Morgan fingerprint density at radius 1 is 0.273 bits per heavy atom. The van der Waals surface area contributed by atoms with Crippen molar-refractivity contribution in [1.29, 1.82) is 0 Å². The van der Waals surface area contributed by atoms with Crippen molar-refractivity contribution in [2.45, 2.75) is 24.2 Å². The summed E-state index contributed by atoms with van der Waals surface area (Å²) in [6.07, 6.45) is 0. The maximum Gasteiger partial charge on any atom is 0.128 e. The van der Waals surface area contributed by atoms with Gasteiger partial charge >= 0.3 is 0 Å². The van der Waals surface area contributed by atoms with Crippen LogP contribution >= 0.6 is 0 Å². The van der Waals surface area contributed by atoms with Crippen molar-refractivity contribution in [3.8, 4) is 22.3 Å². The SMILES string of the molecule is c1ccc(N(c2ccccc2)c2ccc3c(c2)[Si]2(Cc4ccccc4C2)c2cc4c5c(cccc5c2-3)[Si]2(Cc3ccccc3C2)c2cc(N(c3ccccc3)c3ccccc3)ccc2-4)cc1. The van der Waals surface area contributed by atoms with Gasteiger partial charge in [0, 0.05) is 34.1 Å². The van der Waals surface area contributed by atoms with Crippen LogP contribution in [0.3, 0.4) is 0 Å². The molecule has 0 bridgehead atoms. The molecule has 0 unspecified atom stereocenters. The smallest absolute Gasteiger partial charge is 0.128 e. The van der Waals surface area contributed by atoms with Crippen LogP contribution in [-0.2, 0) is 24.2 Å². The largest absolute Gasteiger partial charge is 0.311 e. The van der Waals surface area contributed by atoms with Gasteiger partial charge in [0.05, 0.1) is 0 Å². The van der Waals surface area contributed by atoms with Crippen LogP contribution in [0, 0.1) is 0 Å². The average Bonchev–Trinajstić information content (AvgIpc) is 4.05. The third kappa shape index (κ3) is 5.46. The van der Waals surface area contributed by atoms with E-state index in [2.05, 4.69) is 240 Å². The number of nitrogens with zero attached hydrogens (tertiary/aromatic N) is 2. The van der Waals surface area contributed by atoms with Crippen molar-refractivity contribution in [3.63, 3.8) is 0 Å². The highest BCUT2D eigenvalue weighted by Gasteiger charge is 2.53. The summed E-state index contributed by atoms with van der Waals surface area (Å²) in [4.78, 5) is 4.92. The first kappa shape index (κ1) is 37.8. The zero-order valence-electron chi connectivity index (χ0n) is 36.7. The second kappa shape index (κ2) is 14.5. The Kier molecular flexibility index (Phi) is 8.31. The van der Waals surface area contributed by atoms with E-state index in [-0.39, 0.29) is 0 Å². The molecule has 0 fully saturated rings. The summed E-state index contributed by atoms with van der Waals surface area (Å²) < 4.78 is 0. The molecular formula is C62H46N2Si2. The second-order valence-corrected chi connectivity index (χ2v) is 26.9. The van der Waals surface area contributed by atoms with Gasteiger partial charge in [-0.1, -0.05) is 158 Å². The van der Waals surface area contributed by atoms with Crippen LogP contribution < -0.4 is 30.5 Å². The lowest BCUT2D eigenvalue weighted by molar-refractivity contribution is 1.28. The summed E-state index contributed by atoms with van der Waals surface area (Å²) >= 11 is 0. The minimum Gasteiger partial charge on any atom is -0.311 e. The predicted molar refractivity (Wildman–Crippen MR) is 282 cm³/mol. The highest BCUT2D eigenvalue weighted by atomic mass is 28.3. The minimum atomic E-state index is -2.41. The normalized spacial score (nSPS) is 15.0. The summed E-state index contributed by atoms with van der Waals surface area (Å²) in [5, 5.41) is 9.35. The first-order valence-electron chi connectivity index (χ1n) is 23.5. The molecule has 10 aromatic carbocycles. The molecule has 0 amide bonds. The summed E-state index contributed by atoms with van der Waals surface area (Å²) in [5.74, 6) is 0. The monoisotopic (exact) mass is 874 g/mol. The Labute approximate surface area is 388 Å². The Morgan fingerprint density at radius 3 is 1.12 bits per heavy atom. The van der Waals surface area contributed by atoms with Gasteiger partial charge in [0.1, 0.15) is 16.1 Å². The Morgan fingerprint density at radius 2 is 0.667 bits per heavy atom. The molecule has 2 nitrogen and oxygen atoms in total. The van der Waals surface area contributed by atoms with Crippen LogP contribution in [0.25, 0.3) is 33.0 Å². The molecule has 0 atom stereocenters. The van der Waals surface area contributed by atoms with E-state index in [1.165, 1.54) is 89.4 Å². The van der Waals surface area contributed by atoms with E-state index in [9.17, 15) is 0 Å². The molecule has 0 saturated carbocycles. The second-order valence-electron chi connectivity index (χ2n) is 19.0. The third-order valence-electron chi connectivity index (χ3n) is 15.6. The van der Waals surface area contributed by atoms with Gasteiger partial charge in [-0.05, 0) is 173 Å². The summed E-state index contributed by atoms with van der Waals surface area (Å²) in [6, 6.07) is 92.2. The van der Waals surface area contributed by atoms with Gasteiger partial charge in [0.15, 0.2) is 0 Å². The standard InChI is InChI=1S/C62H46N2Si2/c1-5-22-47(23-6-1)63(48-24-7-2-8-25-48)51-32-34-53-56-38-60-61(55-30-17-31-57(62(55)56)65(58(53)36-51)39-43-18-13-14-19-44(43)40-65)54-35-33-52(37-59(54)66(60)41-45-20-15-16-21-46(45)42-66)64(49-26-9-3-10-27-49)50-28-11-4-12-29-50/h1-38H,39-42H2. The number of fused-ring (bicyclic) bond motifs is 12. The maximum absolute atomic E-state index is 2.75. The van der Waals surface area contributed by atoms with Gasteiger partial charge in [0.25, 0.3) is 0 Å². The van der Waals surface area contributed by atoms with E-state index in [0.717, 1.165) is 24.2 Å². The molecule has 0 radical (unpaired) electrons. The number of hydrogen-bond donors (Lipinski definition) is 0. The lowest BCUT2D eigenvalue weighted by Gasteiger charge is -2.38. The van der Waals surface area contributed by atoms with Gasteiger partial charge in [0.2, 0.25) is 0 Å². The molecule has 10 aromatic rings. The maximum atomic E-state index is 2.75. The molecular weight excluding hydrogens is 829 g/mol. The van der Waals surface area contributed by atoms with Gasteiger partial charge in [-0.15, -0.1) is 0 Å². The molecule has 4 heteroatoms. The summed E-state index contributed by atoms with van der Waals surface area (Å²) in [7, 11) is -4.82. The van der Waals surface area contributed by atoms with Crippen LogP contribution in [-0.4, -0.2) is 16.1 Å². The lowest BCUT2D eigenvalue weighted by Crippen LogP contribution is -2.63. The van der Waals surface area contributed by atoms with Crippen molar-refractivity contribution in [2.24, 2.45) is 0 Å². The predicted octanol–water partition coefficient (Wildman–Crippen LogP) is 12.6. The number of benzene rings is 10. The van der Waals surface area contributed by atoms with Crippen LogP contribution in [0.2, 0.25) is 0 Å². The van der Waals surface area contributed by atoms with E-state index < -0.39 is 16.1 Å². The molecule has 0 aromatic heterocycles. The van der Waals surface area contributed by atoms with Crippen molar-refractivity contribution < 1.29 is 0 Å². The molecule has 66 heavy (non-hydrogen) atoms. The Bertz CT molecular complexity index is 3420. The molecule has 0 saturated heterocycles. The summed E-state index contributed by atoms with van der Waals surface area (Å²) in [6.45, 7) is 0. The highest BCUT2D eigenvalue weighted by Crippen LogP contribution is 2.48. The molecule has 4 heterocycles. The van der Waals surface area contributed by atoms with E-state index in [1.54, 1.807) is 20.7 Å². The van der Waals surface area contributed by atoms with Crippen molar-refractivity contribution in [3.05, 3.63) is 253 Å². The molecule has 14 rings (SSSR count). The first-order valence-corrected chi connectivity index (χ1v) is 28.3. The van der Waals surface area contributed by atoms with Crippen molar-refractivity contribution in [1.82, 2.24) is 0 Å². The van der Waals surface area contributed by atoms with Gasteiger partial charge in [-0.2, -0.15) is 0 Å². The van der Waals surface area contributed by atoms with Crippen LogP contribution in [0.1, 0.15) is 22.3 Å². The first-order chi connectivity index (χ1) is 32.7. The fraction of sp³-hybridized carbons (Fsp3) is 0.0645. The minimum absolute atomic E-state index is 1.12. The fourth-order valence-electron chi connectivity index (χ4n) is 12.8. The van der Waals surface area contributed by atoms with Gasteiger partial charge < -0.3 is 9.80 Å². The third-order valence-corrected chi connectivity index (χ3v) is 25.3. The quantitative estimate of drug-likeness (QED) is 0.154. The molecule has 0 aliphatic carbocycles.